The summed E-state index contributed by atoms with van der Waals surface area (Å²) in [6.45, 7) is 5.59. The van der Waals surface area contributed by atoms with Gasteiger partial charge in [-0.15, -0.1) is 0 Å². The third-order valence-corrected chi connectivity index (χ3v) is 1.65. The summed E-state index contributed by atoms with van der Waals surface area (Å²) in [7, 11) is 0. The van der Waals surface area contributed by atoms with Gasteiger partial charge in [0.2, 0.25) is 0 Å². The first-order valence-electron chi connectivity index (χ1n) is 3.77. The normalized spacial score (nSPS) is 29.4. The molecule has 0 aliphatic carbocycles. The number of hydrogen-bond acceptors (Lipinski definition) is 3. The van der Waals surface area contributed by atoms with Crippen LogP contribution >= 0.6 is 0 Å². The summed E-state index contributed by atoms with van der Waals surface area (Å²) < 4.78 is 9.67. The van der Waals surface area contributed by atoms with Gasteiger partial charge in [0.15, 0.2) is 6.10 Å². The van der Waals surface area contributed by atoms with Crippen molar-refractivity contribution >= 4 is 6.16 Å². The second-order valence-corrected chi connectivity index (χ2v) is 2.51. The summed E-state index contributed by atoms with van der Waals surface area (Å²) in [6, 6.07) is 0. The van der Waals surface area contributed by atoms with Crippen molar-refractivity contribution in [3.8, 4) is 0 Å². The Balaban J connectivity index is 2.49. The maximum atomic E-state index is 10.6. The fourth-order valence-electron chi connectivity index (χ4n) is 1.11. The van der Waals surface area contributed by atoms with E-state index in [-0.39, 0.29) is 12.2 Å². The van der Waals surface area contributed by atoms with Crippen LogP contribution in [0.4, 0.5) is 4.79 Å². The van der Waals surface area contributed by atoms with Gasteiger partial charge in [0.25, 0.3) is 0 Å². The molecular weight excluding hydrogens is 144 g/mol. The number of carbonyl (C=O) groups excluding carboxylic acids is 1. The molecule has 0 N–H and O–H groups in total. The molecule has 0 unspecified atom stereocenters. The molecule has 1 fully saturated rings. The highest BCUT2D eigenvalue weighted by Gasteiger charge is 2.33. The van der Waals surface area contributed by atoms with E-state index < -0.39 is 6.16 Å². The van der Waals surface area contributed by atoms with Gasteiger partial charge in [-0.3, -0.25) is 0 Å². The van der Waals surface area contributed by atoms with Crippen LogP contribution in [0.5, 0.6) is 0 Å². The van der Waals surface area contributed by atoms with Gasteiger partial charge in [-0.05, 0) is 12.5 Å². The van der Waals surface area contributed by atoms with Crippen molar-refractivity contribution in [2.45, 2.75) is 32.0 Å². The quantitative estimate of drug-likeness (QED) is 0.462. The van der Waals surface area contributed by atoms with E-state index in [1.54, 1.807) is 6.08 Å². The van der Waals surface area contributed by atoms with Crippen molar-refractivity contribution in [2.24, 2.45) is 0 Å². The summed E-state index contributed by atoms with van der Waals surface area (Å²) in [5.41, 5.74) is 0. The van der Waals surface area contributed by atoms with Gasteiger partial charge in [0.1, 0.15) is 6.10 Å². The van der Waals surface area contributed by atoms with Gasteiger partial charge in [-0.1, -0.05) is 19.9 Å². The van der Waals surface area contributed by atoms with E-state index in [4.69, 9.17) is 9.47 Å². The van der Waals surface area contributed by atoms with Gasteiger partial charge in [-0.25, -0.2) is 4.79 Å². The topological polar surface area (TPSA) is 35.5 Å². The Kier molecular flexibility index (Phi) is 2.52. The molecular formula is C8H12O3. The Morgan fingerprint density at radius 2 is 2.36 bits per heavy atom. The predicted molar refractivity (Wildman–Crippen MR) is 40.2 cm³/mol. The van der Waals surface area contributed by atoms with Crippen molar-refractivity contribution in [2.75, 3.05) is 0 Å². The molecule has 0 bridgehead atoms. The van der Waals surface area contributed by atoms with Crippen LogP contribution in [0.1, 0.15) is 19.8 Å². The van der Waals surface area contributed by atoms with E-state index in [1.807, 2.05) is 6.92 Å². The summed E-state index contributed by atoms with van der Waals surface area (Å²) in [4.78, 5) is 10.6. The third-order valence-electron chi connectivity index (χ3n) is 1.65. The lowest BCUT2D eigenvalue weighted by molar-refractivity contribution is 0.115. The van der Waals surface area contributed by atoms with Crippen LogP contribution in [0.25, 0.3) is 0 Å². The lowest BCUT2D eigenvalue weighted by atomic mass is 10.1. The van der Waals surface area contributed by atoms with Gasteiger partial charge in [0, 0.05) is 0 Å². The van der Waals surface area contributed by atoms with E-state index in [2.05, 4.69) is 6.58 Å². The van der Waals surface area contributed by atoms with Crippen molar-refractivity contribution in [3.05, 3.63) is 12.7 Å². The van der Waals surface area contributed by atoms with Crippen LogP contribution < -0.4 is 0 Å². The van der Waals surface area contributed by atoms with Gasteiger partial charge < -0.3 is 9.47 Å². The van der Waals surface area contributed by atoms with Gasteiger partial charge >= 0.3 is 6.16 Å². The minimum atomic E-state index is -0.576. The van der Waals surface area contributed by atoms with E-state index in [1.165, 1.54) is 0 Å². The Morgan fingerprint density at radius 1 is 1.64 bits per heavy atom. The minimum absolute atomic E-state index is 0.120. The molecule has 0 aromatic carbocycles. The Bertz CT molecular complexity index is 165. The van der Waals surface area contributed by atoms with Crippen LogP contribution in [-0.4, -0.2) is 18.4 Å². The molecule has 3 heteroatoms. The highest BCUT2D eigenvalue weighted by atomic mass is 16.8. The molecule has 1 saturated heterocycles. The fraction of sp³-hybridized carbons (Fsp3) is 0.625. The number of cyclic esters (lactones) is 2. The standard InChI is InChI=1S/C8H12O3/c1-3-5-7-6(4-2)10-8(9)11-7/h4,6-7H,2-3,5H2,1H3/t6-,7-/m0/s1. The fourth-order valence-corrected chi connectivity index (χ4v) is 1.11. The lowest BCUT2D eigenvalue weighted by Gasteiger charge is -2.08. The first kappa shape index (κ1) is 8.11. The van der Waals surface area contributed by atoms with Crippen LogP contribution in [0.15, 0.2) is 12.7 Å². The first-order valence-corrected chi connectivity index (χ1v) is 3.77. The van der Waals surface area contributed by atoms with Gasteiger partial charge in [-0.2, -0.15) is 0 Å². The first-order chi connectivity index (χ1) is 5.27. The highest BCUT2D eigenvalue weighted by molar-refractivity contribution is 5.62. The van der Waals surface area contributed by atoms with Crippen LogP contribution in [-0.2, 0) is 9.47 Å². The Hall–Kier alpha value is -0.990. The number of carbonyl (C=O) groups is 1. The number of ether oxygens (including phenoxy) is 2. The zero-order chi connectivity index (χ0) is 8.27. The summed E-state index contributed by atoms with van der Waals surface area (Å²) in [5, 5.41) is 0. The van der Waals surface area contributed by atoms with Crippen molar-refractivity contribution < 1.29 is 14.3 Å². The molecule has 11 heavy (non-hydrogen) atoms. The van der Waals surface area contributed by atoms with Crippen LogP contribution in [0, 0.1) is 0 Å². The molecule has 1 aliphatic rings. The smallest absolute Gasteiger partial charge is 0.427 e. The second-order valence-electron chi connectivity index (χ2n) is 2.51. The predicted octanol–water partition coefficient (Wildman–Crippen LogP) is 1.88. The molecule has 0 aromatic rings. The largest absolute Gasteiger partial charge is 0.509 e. The molecule has 0 spiro atoms. The molecule has 1 rings (SSSR count). The minimum Gasteiger partial charge on any atom is -0.427 e. The Labute approximate surface area is 66.0 Å². The molecule has 0 radical (unpaired) electrons. The summed E-state index contributed by atoms with van der Waals surface area (Å²) >= 11 is 0. The van der Waals surface area contributed by atoms with Crippen LogP contribution in [0.2, 0.25) is 0 Å². The average molecular weight is 156 g/mol. The monoisotopic (exact) mass is 156 g/mol. The molecule has 1 heterocycles. The van der Waals surface area contributed by atoms with Crippen LogP contribution in [0.3, 0.4) is 0 Å². The zero-order valence-electron chi connectivity index (χ0n) is 6.58. The molecule has 0 aromatic heterocycles. The van der Waals surface area contributed by atoms with E-state index in [9.17, 15) is 4.79 Å². The number of rotatable bonds is 3. The number of hydrogen-bond donors (Lipinski definition) is 0. The molecule has 2 atom stereocenters. The molecule has 1 aliphatic heterocycles. The third kappa shape index (κ3) is 1.73. The molecule has 3 nitrogen and oxygen atoms in total. The summed E-state index contributed by atoms with van der Waals surface area (Å²) in [5.74, 6) is 0. The molecule has 0 amide bonds. The van der Waals surface area contributed by atoms with E-state index in [0.717, 1.165) is 12.8 Å². The van der Waals surface area contributed by atoms with E-state index >= 15 is 0 Å². The second kappa shape index (κ2) is 3.42. The van der Waals surface area contributed by atoms with Crippen molar-refractivity contribution in [1.29, 1.82) is 0 Å². The maximum Gasteiger partial charge on any atom is 0.509 e. The zero-order valence-corrected chi connectivity index (χ0v) is 6.58. The SMILES string of the molecule is C=C[C@@H]1OC(=O)O[C@H]1CCC. The Morgan fingerprint density at radius 3 is 2.91 bits per heavy atom. The molecule has 62 valence electrons. The lowest BCUT2D eigenvalue weighted by Crippen LogP contribution is -2.19. The van der Waals surface area contributed by atoms with Gasteiger partial charge in [0.05, 0.1) is 0 Å². The van der Waals surface area contributed by atoms with E-state index in [0.29, 0.717) is 0 Å². The molecule has 0 saturated carbocycles. The maximum absolute atomic E-state index is 10.6. The summed E-state index contributed by atoms with van der Waals surface area (Å²) in [6.07, 6.45) is 2.47. The highest BCUT2D eigenvalue weighted by Crippen LogP contribution is 2.19. The average Bonchev–Trinajstić information content (AvgIpc) is 2.32. The van der Waals surface area contributed by atoms with Crippen molar-refractivity contribution in [3.63, 3.8) is 0 Å². The van der Waals surface area contributed by atoms with Crippen molar-refractivity contribution in [1.82, 2.24) is 0 Å².